The van der Waals surface area contributed by atoms with E-state index in [1.165, 1.54) is 0 Å². The first-order chi connectivity index (χ1) is 14.8. The number of ether oxygens (including phenoxy) is 2. The van der Waals surface area contributed by atoms with E-state index in [9.17, 15) is 9.90 Å². The van der Waals surface area contributed by atoms with E-state index in [1.54, 1.807) is 18.5 Å². The number of aromatic nitrogens is 3. The normalized spacial score (nSPS) is 17.2. The van der Waals surface area contributed by atoms with E-state index >= 15 is 0 Å². The molecule has 1 aliphatic rings. The maximum absolute atomic E-state index is 12.1. The zero-order chi connectivity index (χ0) is 22.2. The second-order valence-corrected chi connectivity index (χ2v) is 8.58. The Morgan fingerprint density at radius 3 is 2.68 bits per heavy atom. The Labute approximate surface area is 182 Å². The Kier molecular flexibility index (Phi) is 6.01. The van der Waals surface area contributed by atoms with E-state index in [1.807, 2.05) is 48.9 Å². The molecule has 166 valence electrons. The zero-order valence-electron chi connectivity index (χ0n) is 18.7. The minimum Gasteiger partial charge on any atom is -0.381 e. The molecule has 4 rings (SSSR count). The summed E-state index contributed by atoms with van der Waals surface area (Å²) < 4.78 is 14.7. The number of imidazole rings is 1. The number of benzene rings is 1. The highest BCUT2D eigenvalue weighted by Gasteiger charge is 2.32. The SMILES string of the molecule is CCOCC(C)(O)n1c(C2CCOCC2)nc2ccc(-c3cc(C)c(=O)n(C)c3)cc21. The lowest BCUT2D eigenvalue weighted by molar-refractivity contribution is -0.0876. The second kappa shape index (κ2) is 8.57. The van der Waals surface area contributed by atoms with Crippen molar-refractivity contribution in [1.29, 1.82) is 0 Å². The Bertz CT molecular complexity index is 1110. The highest BCUT2D eigenvalue weighted by atomic mass is 16.5. The van der Waals surface area contributed by atoms with E-state index in [2.05, 4.69) is 0 Å². The van der Waals surface area contributed by atoms with E-state index < -0.39 is 5.72 Å². The summed E-state index contributed by atoms with van der Waals surface area (Å²) in [5.41, 5.74) is 3.07. The summed E-state index contributed by atoms with van der Waals surface area (Å²) in [7, 11) is 1.76. The van der Waals surface area contributed by atoms with Crippen LogP contribution >= 0.6 is 0 Å². The lowest BCUT2D eigenvalue weighted by Crippen LogP contribution is -2.37. The number of hydrogen-bond acceptors (Lipinski definition) is 5. The third-order valence-electron chi connectivity index (χ3n) is 6.02. The van der Waals surface area contributed by atoms with Gasteiger partial charge in [0.25, 0.3) is 5.56 Å². The highest BCUT2D eigenvalue weighted by molar-refractivity contribution is 5.83. The molecule has 1 saturated heterocycles. The molecule has 0 radical (unpaired) electrons. The van der Waals surface area contributed by atoms with Crippen LogP contribution in [-0.2, 0) is 22.2 Å². The van der Waals surface area contributed by atoms with Crippen molar-refractivity contribution >= 4 is 11.0 Å². The molecule has 1 atom stereocenters. The zero-order valence-corrected chi connectivity index (χ0v) is 18.7. The summed E-state index contributed by atoms with van der Waals surface area (Å²) in [6.07, 6.45) is 3.59. The van der Waals surface area contributed by atoms with Crippen LogP contribution in [0.3, 0.4) is 0 Å². The van der Waals surface area contributed by atoms with Crippen molar-refractivity contribution in [3.8, 4) is 11.1 Å². The molecule has 3 heterocycles. The summed E-state index contributed by atoms with van der Waals surface area (Å²) in [4.78, 5) is 17.1. The van der Waals surface area contributed by atoms with Crippen LogP contribution in [0.2, 0.25) is 0 Å². The number of pyridine rings is 1. The van der Waals surface area contributed by atoms with Crippen LogP contribution in [-0.4, -0.2) is 45.7 Å². The van der Waals surface area contributed by atoms with Gasteiger partial charge in [-0.3, -0.25) is 9.36 Å². The predicted octanol–water partition coefficient (Wildman–Crippen LogP) is 3.31. The maximum atomic E-state index is 12.1. The molecule has 2 aromatic heterocycles. The molecule has 7 nitrogen and oxygen atoms in total. The molecule has 1 unspecified atom stereocenters. The minimum atomic E-state index is -1.24. The molecule has 0 bridgehead atoms. The quantitative estimate of drug-likeness (QED) is 0.656. The molecule has 0 amide bonds. The molecule has 1 aliphatic heterocycles. The van der Waals surface area contributed by atoms with Gasteiger partial charge in [0.15, 0.2) is 5.72 Å². The number of aliphatic hydroxyl groups is 1. The fourth-order valence-electron chi connectivity index (χ4n) is 4.40. The van der Waals surface area contributed by atoms with Gasteiger partial charge >= 0.3 is 0 Å². The average molecular weight is 426 g/mol. The Balaban J connectivity index is 1.89. The van der Waals surface area contributed by atoms with Gasteiger partial charge in [-0.25, -0.2) is 4.98 Å². The van der Waals surface area contributed by atoms with Crippen molar-refractivity contribution in [2.75, 3.05) is 26.4 Å². The third-order valence-corrected chi connectivity index (χ3v) is 6.02. The highest BCUT2D eigenvalue weighted by Crippen LogP contribution is 2.35. The molecule has 1 N–H and O–H groups in total. The van der Waals surface area contributed by atoms with Crippen LogP contribution < -0.4 is 5.56 Å². The van der Waals surface area contributed by atoms with Crippen molar-refractivity contribution in [1.82, 2.24) is 14.1 Å². The van der Waals surface area contributed by atoms with Gasteiger partial charge in [0.05, 0.1) is 17.6 Å². The summed E-state index contributed by atoms with van der Waals surface area (Å²) in [5.74, 6) is 1.09. The van der Waals surface area contributed by atoms with E-state index in [0.29, 0.717) is 25.4 Å². The Morgan fingerprint density at radius 2 is 2.00 bits per heavy atom. The van der Waals surface area contributed by atoms with Gasteiger partial charge in [-0.15, -0.1) is 0 Å². The molecule has 7 heteroatoms. The molecule has 3 aromatic rings. The van der Waals surface area contributed by atoms with E-state index in [-0.39, 0.29) is 18.1 Å². The van der Waals surface area contributed by atoms with E-state index in [4.69, 9.17) is 14.5 Å². The molecule has 0 saturated carbocycles. The molecule has 1 aromatic carbocycles. The lowest BCUT2D eigenvalue weighted by Gasteiger charge is -2.31. The fraction of sp³-hybridized carbons (Fsp3) is 0.500. The first-order valence-corrected chi connectivity index (χ1v) is 10.9. The first kappa shape index (κ1) is 21.7. The van der Waals surface area contributed by atoms with Crippen LogP contribution in [0.15, 0.2) is 35.3 Å². The number of rotatable bonds is 6. The van der Waals surface area contributed by atoms with Crippen molar-refractivity contribution in [3.05, 3.63) is 52.2 Å². The van der Waals surface area contributed by atoms with Crippen LogP contribution in [0.1, 0.15) is 44.0 Å². The van der Waals surface area contributed by atoms with Gasteiger partial charge in [-0.1, -0.05) is 6.07 Å². The maximum Gasteiger partial charge on any atom is 0.253 e. The summed E-state index contributed by atoms with van der Waals surface area (Å²) in [6, 6.07) is 7.96. The third kappa shape index (κ3) is 4.18. The van der Waals surface area contributed by atoms with Gasteiger partial charge in [0.1, 0.15) is 5.82 Å². The van der Waals surface area contributed by atoms with Crippen LogP contribution in [0, 0.1) is 6.92 Å². The van der Waals surface area contributed by atoms with Crippen molar-refractivity contribution in [2.24, 2.45) is 7.05 Å². The van der Waals surface area contributed by atoms with Gasteiger partial charge in [0, 0.05) is 44.5 Å². The summed E-state index contributed by atoms with van der Waals surface area (Å²) >= 11 is 0. The van der Waals surface area contributed by atoms with Gasteiger partial charge in [0.2, 0.25) is 0 Å². The molecule has 0 spiro atoms. The Morgan fingerprint density at radius 1 is 1.26 bits per heavy atom. The topological polar surface area (TPSA) is 78.5 Å². The molecular weight excluding hydrogens is 394 g/mol. The smallest absolute Gasteiger partial charge is 0.253 e. The molecule has 31 heavy (non-hydrogen) atoms. The summed E-state index contributed by atoms with van der Waals surface area (Å²) in [5, 5.41) is 11.4. The monoisotopic (exact) mass is 425 g/mol. The number of fused-ring (bicyclic) bond motifs is 1. The average Bonchev–Trinajstić information content (AvgIpc) is 3.16. The molecule has 0 aliphatic carbocycles. The second-order valence-electron chi connectivity index (χ2n) is 8.58. The molecule has 1 fully saturated rings. The largest absolute Gasteiger partial charge is 0.381 e. The first-order valence-electron chi connectivity index (χ1n) is 10.9. The van der Waals surface area contributed by atoms with Gasteiger partial charge in [-0.2, -0.15) is 0 Å². The summed E-state index contributed by atoms with van der Waals surface area (Å²) in [6.45, 7) is 7.61. The molecular formula is C24H31N3O4. The van der Waals surface area contributed by atoms with Crippen LogP contribution in [0.25, 0.3) is 22.2 Å². The van der Waals surface area contributed by atoms with Crippen molar-refractivity contribution < 1.29 is 14.6 Å². The predicted molar refractivity (Wildman–Crippen MR) is 120 cm³/mol. The number of nitrogens with zero attached hydrogens (tertiary/aromatic N) is 3. The standard InChI is InChI=1S/C24H31N3O4/c1-5-30-15-24(3,29)27-21-13-18(19-12-16(2)23(28)26(4)14-19)6-7-20(21)25-22(27)17-8-10-31-11-9-17/h6-7,12-14,17,29H,5,8-11,15H2,1-4H3. The van der Waals surface area contributed by atoms with Gasteiger partial charge in [-0.05, 0) is 62.9 Å². The van der Waals surface area contributed by atoms with Crippen molar-refractivity contribution in [3.63, 3.8) is 0 Å². The fourth-order valence-corrected chi connectivity index (χ4v) is 4.40. The minimum absolute atomic E-state index is 0.00341. The number of hydrogen-bond donors (Lipinski definition) is 1. The van der Waals surface area contributed by atoms with Crippen LogP contribution in [0.5, 0.6) is 0 Å². The van der Waals surface area contributed by atoms with Crippen molar-refractivity contribution in [2.45, 2.75) is 45.3 Å². The van der Waals surface area contributed by atoms with Crippen LogP contribution in [0.4, 0.5) is 0 Å². The Hall–Kier alpha value is -2.48. The van der Waals surface area contributed by atoms with Gasteiger partial charge < -0.3 is 19.1 Å². The van der Waals surface area contributed by atoms with E-state index in [0.717, 1.165) is 40.8 Å². The lowest BCUT2D eigenvalue weighted by atomic mass is 9.99. The number of aryl methyl sites for hydroxylation is 2.